The molecule has 2 heterocycles. The molecule has 0 radical (unpaired) electrons. The van der Waals surface area contributed by atoms with Gasteiger partial charge in [-0.25, -0.2) is 9.55 Å². The van der Waals surface area contributed by atoms with Crippen LogP contribution in [0.3, 0.4) is 0 Å². The Morgan fingerprint density at radius 1 is 0.679 bits per heavy atom. The molecule has 132 valence electrons. The fourth-order valence-electron chi connectivity index (χ4n) is 4.01. The molecule has 0 saturated carbocycles. The molecular weight excluding hydrogens is 346 g/mol. The van der Waals surface area contributed by atoms with E-state index in [1.54, 1.807) is 4.57 Å². The number of aromatic nitrogens is 3. The first-order chi connectivity index (χ1) is 13.8. The summed E-state index contributed by atoms with van der Waals surface area (Å²) in [4.78, 5) is 18.3. The number of fused-ring (bicyclic) bond motifs is 6. The topological polar surface area (TPSA) is 39.3 Å². The molecule has 0 atom stereocenters. The van der Waals surface area contributed by atoms with Gasteiger partial charge in [0.1, 0.15) is 0 Å². The van der Waals surface area contributed by atoms with Crippen molar-refractivity contribution in [3.63, 3.8) is 0 Å². The van der Waals surface area contributed by atoms with Gasteiger partial charge in [-0.05, 0) is 47.2 Å². The fraction of sp³-hybridized carbons (Fsp3) is 0. The highest BCUT2D eigenvalue weighted by atomic mass is 16.1. The van der Waals surface area contributed by atoms with E-state index in [9.17, 15) is 4.79 Å². The molecule has 2 aromatic heterocycles. The molecule has 6 rings (SSSR count). The normalized spacial score (nSPS) is 11.7. The third-order valence-electron chi connectivity index (χ3n) is 5.31. The van der Waals surface area contributed by atoms with E-state index in [2.05, 4.69) is 16.5 Å². The Balaban J connectivity index is 1.85. The molecule has 0 aliphatic carbocycles. The lowest BCUT2D eigenvalue weighted by atomic mass is 10.1. The molecule has 0 amide bonds. The van der Waals surface area contributed by atoms with Crippen molar-refractivity contribution in [1.82, 2.24) is 14.0 Å². The molecule has 0 fully saturated rings. The van der Waals surface area contributed by atoms with E-state index in [1.165, 1.54) is 0 Å². The van der Waals surface area contributed by atoms with Gasteiger partial charge in [0.15, 0.2) is 0 Å². The van der Waals surface area contributed by atoms with Crippen molar-refractivity contribution in [3.8, 4) is 5.69 Å². The van der Waals surface area contributed by atoms with E-state index >= 15 is 0 Å². The molecule has 0 unspecified atom stereocenters. The minimum atomic E-state index is -0.0614. The molecule has 6 aromatic rings. The van der Waals surface area contributed by atoms with E-state index in [-0.39, 0.29) is 5.56 Å². The molecule has 0 N–H and O–H groups in total. The zero-order chi connectivity index (χ0) is 18.7. The Morgan fingerprint density at radius 3 is 2.29 bits per heavy atom. The summed E-state index contributed by atoms with van der Waals surface area (Å²) >= 11 is 0. The quantitative estimate of drug-likeness (QED) is 0.416. The summed E-state index contributed by atoms with van der Waals surface area (Å²) < 4.78 is 3.79. The highest BCUT2D eigenvalue weighted by Crippen LogP contribution is 2.24. The number of para-hydroxylation sites is 3. The zero-order valence-electron chi connectivity index (χ0n) is 14.9. The second-order valence-corrected chi connectivity index (χ2v) is 6.93. The maximum atomic E-state index is 13.5. The third-order valence-corrected chi connectivity index (χ3v) is 5.31. The van der Waals surface area contributed by atoms with Crippen LogP contribution in [0.25, 0.3) is 44.2 Å². The van der Waals surface area contributed by atoms with Gasteiger partial charge < -0.3 is 0 Å². The van der Waals surface area contributed by atoms with Crippen molar-refractivity contribution in [3.05, 3.63) is 101 Å². The second-order valence-electron chi connectivity index (χ2n) is 6.93. The van der Waals surface area contributed by atoms with Crippen LogP contribution in [0.4, 0.5) is 0 Å². The molecule has 4 nitrogen and oxygen atoms in total. The Hall–Kier alpha value is -3.92. The van der Waals surface area contributed by atoms with Gasteiger partial charge >= 0.3 is 0 Å². The third kappa shape index (κ3) is 2.00. The highest BCUT2D eigenvalue weighted by Gasteiger charge is 2.16. The van der Waals surface area contributed by atoms with Gasteiger partial charge in [-0.1, -0.05) is 54.6 Å². The number of hydrogen-bond donors (Lipinski definition) is 0. The van der Waals surface area contributed by atoms with Gasteiger partial charge in [0.25, 0.3) is 5.56 Å². The van der Waals surface area contributed by atoms with E-state index in [0.717, 1.165) is 33.0 Å². The molecule has 0 spiro atoms. The minimum Gasteiger partial charge on any atom is -0.277 e. The predicted octanol–water partition coefficient (Wildman–Crippen LogP) is 4.94. The van der Waals surface area contributed by atoms with Crippen molar-refractivity contribution < 1.29 is 0 Å². The first-order valence-corrected chi connectivity index (χ1v) is 9.21. The van der Waals surface area contributed by atoms with Crippen LogP contribution in [0.15, 0.2) is 95.8 Å². The largest absolute Gasteiger partial charge is 0.277 e. The van der Waals surface area contributed by atoms with Gasteiger partial charge in [0.05, 0.1) is 27.6 Å². The van der Waals surface area contributed by atoms with Crippen molar-refractivity contribution in [2.45, 2.75) is 0 Å². The van der Waals surface area contributed by atoms with Crippen LogP contribution in [0.2, 0.25) is 0 Å². The molecule has 0 aliphatic rings. The summed E-state index contributed by atoms with van der Waals surface area (Å²) in [5.41, 5.74) is 3.48. The number of hydrogen-bond acceptors (Lipinski definition) is 2. The fourth-order valence-corrected chi connectivity index (χ4v) is 4.01. The zero-order valence-corrected chi connectivity index (χ0v) is 14.9. The van der Waals surface area contributed by atoms with Crippen LogP contribution < -0.4 is 5.56 Å². The second kappa shape index (κ2) is 5.54. The smallest absolute Gasteiger partial charge is 0.267 e. The van der Waals surface area contributed by atoms with Gasteiger partial charge in [0, 0.05) is 0 Å². The van der Waals surface area contributed by atoms with Crippen molar-refractivity contribution in [2.24, 2.45) is 0 Å². The summed E-state index contributed by atoms with van der Waals surface area (Å²) in [6, 6.07) is 29.9. The average molecular weight is 361 g/mol. The minimum absolute atomic E-state index is 0.0614. The Kier molecular flexibility index (Phi) is 3.00. The summed E-state index contributed by atoms with van der Waals surface area (Å²) in [7, 11) is 0. The van der Waals surface area contributed by atoms with Crippen molar-refractivity contribution >= 4 is 38.5 Å². The van der Waals surface area contributed by atoms with Crippen molar-refractivity contribution in [1.29, 1.82) is 0 Å². The van der Waals surface area contributed by atoms with Gasteiger partial charge in [-0.3, -0.25) is 9.20 Å². The van der Waals surface area contributed by atoms with Crippen LogP contribution >= 0.6 is 0 Å². The van der Waals surface area contributed by atoms with Crippen LogP contribution in [-0.2, 0) is 0 Å². The molecular formula is C24H15N3O. The number of benzene rings is 4. The lowest BCUT2D eigenvalue weighted by Gasteiger charge is -2.12. The van der Waals surface area contributed by atoms with E-state index in [0.29, 0.717) is 11.2 Å². The van der Waals surface area contributed by atoms with Crippen LogP contribution in [0.5, 0.6) is 0 Å². The summed E-state index contributed by atoms with van der Waals surface area (Å²) in [5, 5.41) is 2.91. The molecule has 28 heavy (non-hydrogen) atoms. The Labute approximate surface area is 159 Å². The first kappa shape index (κ1) is 15.2. The van der Waals surface area contributed by atoms with Crippen LogP contribution in [0.1, 0.15) is 0 Å². The van der Waals surface area contributed by atoms with Gasteiger partial charge in [-0.15, -0.1) is 0 Å². The molecule has 4 heteroatoms. The SMILES string of the molecule is O=c1c2ccccc2n2c3ccccc3nc2n1-c1ccc2ccccc2c1. The standard InChI is InChI=1S/C24H15N3O/c28-23-19-9-3-5-11-21(19)27-22-12-6-4-10-20(22)25-24(27)26(23)18-14-13-16-7-1-2-8-17(16)15-18/h1-15H. The van der Waals surface area contributed by atoms with E-state index < -0.39 is 0 Å². The van der Waals surface area contributed by atoms with E-state index in [4.69, 9.17) is 4.98 Å². The van der Waals surface area contributed by atoms with Gasteiger partial charge in [0.2, 0.25) is 5.78 Å². The Bertz CT molecular complexity index is 1590. The van der Waals surface area contributed by atoms with Crippen LogP contribution in [-0.4, -0.2) is 14.0 Å². The first-order valence-electron chi connectivity index (χ1n) is 9.21. The van der Waals surface area contributed by atoms with Gasteiger partial charge in [-0.2, -0.15) is 0 Å². The van der Waals surface area contributed by atoms with Crippen LogP contribution in [0, 0.1) is 0 Å². The van der Waals surface area contributed by atoms with Crippen molar-refractivity contribution in [2.75, 3.05) is 0 Å². The molecule has 0 saturated heterocycles. The predicted molar refractivity (Wildman–Crippen MR) is 113 cm³/mol. The number of imidazole rings is 1. The number of nitrogens with zero attached hydrogens (tertiary/aromatic N) is 3. The monoisotopic (exact) mass is 361 g/mol. The lowest BCUT2D eigenvalue weighted by molar-refractivity contribution is 0.985. The summed E-state index contributed by atoms with van der Waals surface area (Å²) in [6.45, 7) is 0. The number of rotatable bonds is 1. The maximum absolute atomic E-state index is 13.5. The molecule has 4 aromatic carbocycles. The summed E-state index contributed by atoms with van der Waals surface area (Å²) in [5.74, 6) is 0.625. The summed E-state index contributed by atoms with van der Waals surface area (Å²) in [6.07, 6.45) is 0. The van der Waals surface area contributed by atoms with E-state index in [1.807, 2.05) is 78.9 Å². The average Bonchev–Trinajstić information content (AvgIpc) is 3.13. The lowest BCUT2D eigenvalue weighted by Crippen LogP contribution is -2.21. The molecule has 0 aliphatic heterocycles. The highest BCUT2D eigenvalue weighted by molar-refractivity contribution is 5.90. The maximum Gasteiger partial charge on any atom is 0.267 e. The molecule has 0 bridgehead atoms. The Morgan fingerprint density at radius 2 is 1.39 bits per heavy atom.